The molecule has 1 aromatic heterocycles. The summed E-state index contributed by atoms with van der Waals surface area (Å²) < 4.78 is 16.9. The first kappa shape index (κ1) is 20.6. The van der Waals surface area contributed by atoms with Crippen molar-refractivity contribution in [1.82, 2.24) is 10.3 Å². The summed E-state index contributed by atoms with van der Waals surface area (Å²) in [6.45, 7) is 0.532. The summed E-state index contributed by atoms with van der Waals surface area (Å²) in [6.07, 6.45) is 0. The quantitative estimate of drug-likeness (QED) is 0.466. The lowest BCUT2D eigenvalue weighted by Crippen LogP contribution is -2.23. The van der Waals surface area contributed by atoms with Gasteiger partial charge in [-0.15, -0.1) is 0 Å². The van der Waals surface area contributed by atoms with Crippen molar-refractivity contribution in [3.63, 3.8) is 0 Å². The van der Waals surface area contributed by atoms with Gasteiger partial charge in [-0.05, 0) is 54.1 Å². The van der Waals surface area contributed by atoms with Crippen LogP contribution in [0.15, 0.2) is 77.2 Å². The van der Waals surface area contributed by atoms with Crippen LogP contribution in [-0.4, -0.2) is 31.8 Å². The molecule has 3 aromatic carbocycles. The number of oxazole rings is 1. The van der Waals surface area contributed by atoms with Crippen molar-refractivity contribution in [3.8, 4) is 34.3 Å². The fourth-order valence-electron chi connectivity index (χ4n) is 3.60. The summed E-state index contributed by atoms with van der Waals surface area (Å²) in [5.74, 6) is 1.90. The van der Waals surface area contributed by atoms with Gasteiger partial charge in [0.2, 0.25) is 12.7 Å². The SMILES string of the molecule is CN(C)c1ccc(-c2oc(-c3ccccc3)nc2C(=O)NCc2ccc3c(c2)OCO3)cc1. The van der Waals surface area contributed by atoms with Gasteiger partial charge < -0.3 is 24.1 Å². The second-order valence-electron chi connectivity index (χ2n) is 7.87. The largest absolute Gasteiger partial charge is 0.454 e. The van der Waals surface area contributed by atoms with Gasteiger partial charge in [0.25, 0.3) is 5.91 Å². The lowest BCUT2D eigenvalue weighted by atomic mass is 10.1. The Morgan fingerprint density at radius 1 is 0.939 bits per heavy atom. The van der Waals surface area contributed by atoms with Gasteiger partial charge in [-0.3, -0.25) is 4.79 Å². The lowest BCUT2D eigenvalue weighted by Gasteiger charge is -2.12. The number of amides is 1. The zero-order valence-corrected chi connectivity index (χ0v) is 18.4. The van der Waals surface area contributed by atoms with E-state index in [4.69, 9.17) is 13.9 Å². The molecule has 0 aliphatic carbocycles. The Bertz CT molecular complexity index is 1280. The number of carbonyl (C=O) groups excluding carboxylic acids is 1. The van der Waals surface area contributed by atoms with Crippen LogP contribution >= 0.6 is 0 Å². The minimum Gasteiger partial charge on any atom is -0.454 e. The molecule has 33 heavy (non-hydrogen) atoms. The third-order valence-corrected chi connectivity index (χ3v) is 5.40. The monoisotopic (exact) mass is 441 g/mol. The first-order valence-corrected chi connectivity index (χ1v) is 10.6. The molecule has 7 nitrogen and oxygen atoms in total. The zero-order valence-electron chi connectivity index (χ0n) is 18.4. The molecule has 0 saturated heterocycles. The van der Waals surface area contributed by atoms with E-state index in [0.29, 0.717) is 29.7 Å². The molecule has 1 amide bonds. The smallest absolute Gasteiger partial charge is 0.274 e. The van der Waals surface area contributed by atoms with Crippen LogP contribution in [0.5, 0.6) is 11.5 Å². The molecule has 0 saturated carbocycles. The Hall–Kier alpha value is -4.26. The van der Waals surface area contributed by atoms with Gasteiger partial charge in [-0.2, -0.15) is 0 Å². The van der Waals surface area contributed by atoms with Crippen molar-refractivity contribution < 1.29 is 18.7 Å². The molecule has 7 heteroatoms. The van der Waals surface area contributed by atoms with Gasteiger partial charge >= 0.3 is 0 Å². The average molecular weight is 441 g/mol. The Morgan fingerprint density at radius 3 is 2.45 bits per heavy atom. The van der Waals surface area contributed by atoms with Crippen LogP contribution in [0.3, 0.4) is 0 Å². The minimum absolute atomic E-state index is 0.211. The molecule has 1 N–H and O–H groups in total. The summed E-state index contributed by atoms with van der Waals surface area (Å²) >= 11 is 0. The van der Waals surface area contributed by atoms with Crippen LogP contribution in [-0.2, 0) is 6.54 Å². The maximum absolute atomic E-state index is 13.2. The number of ether oxygens (including phenoxy) is 2. The molecule has 5 rings (SSSR count). The molecule has 0 fully saturated rings. The van der Waals surface area contributed by atoms with Gasteiger partial charge in [0, 0.05) is 37.5 Å². The predicted molar refractivity (Wildman–Crippen MR) is 125 cm³/mol. The number of anilines is 1. The number of aromatic nitrogens is 1. The molecule has 1 aliphatic heterocycles. The fourth-order valence-corrected chi connectivity index (χ4v) is 3.60. The second-order valence-corrected chi connectivity index (χ2v) is 7.87. The standard InChI is InChI=1S/C26H23N3O4/c1-29(2)20-11-9-18(10-12-20)24-23(28-26(33-24)19-6-4-3-5-7-19)25(30)27-15-17-8-13-21-22(14-17)32-16-31-21/h3-14H,15-16H2,1-2H3,(H,27,30). The highest BCUT2D eigenvalue weighted by Gasteiger charge is 2.23. The number of fused-ring (bicyclic) bond motifs is 1. The molecule has 4 aromatic rings. The summed E-state index contributed by atoms with van der Waals surface area (Å²) in [6, 6.07) is 23.0. The third kappa shape index (κ3) is 4.25. The van der Waals surface area contributed by atoms with E-state index in [1.54, 1.807) is 0 Å². The Balaban J connectivity index is 1.44. The van der Waals surface area contributed by atoms with Crippen LogP contribution in [0.25, 0.3) is 22.8 Å². The zero-order chi connectivity index (χ0) is 22.8. The summed E-state index contributed by atoms with van der Waals surface area (Å²) in [7, 11) is 3.96. The molecule has 1 aliphatic rings. The van der Waals surface area contributed by atoms with E-state index in [-0.39, 0.29) is 18.4 Å². The van der Waals surface area contributed by atoms with Crippen molar-refractivity contribution in [2.75, 3.05) is 25.8 Å². The van der Waals surface area contributed by atoms with Crippen LogP contribution in [0.4, 0.5) is 5.69 Å². The molecule has 0 bridgehead atoms. The van der Waals surface area contributed by atoms with Gasteiger partial charge in [-0.1, -0.05) is 24.3 Å². The first-order chi connectivity index (χ1) is 16.1. The van der Waals surface area contributed by atoms with Crippen molar-refractivity contribution in [3.05, 3.63) is 84.1 Å². The van der Waals surface area contributed by atoms with Crippen molar-refractivity contribution in [1.29, 1.82) is 0 Å². The summed E-state index contributed by atoms with van der Waals surface area (Å²) in [5.41, 5.74) is 3.78. The van der Waals surface area contributed by atoms with E-state index in [9.17, 15) is 4.79 Å². The average Bonchev–Trinajstić information content (AvgIpc) is 3.50. The Labute approximate surface area is 191 Å². The van der Waals surface area contributed by atoms with E-state index >= 15 is 0 Å². The molecule has 0 spiro atoms. The Morgan fingerprint density at radius 2 is 1.70 bits per heavy atom. The van der Waals surface area contributed by atoms with Gasteiger partial charge in [0.15, 0.2) is 23.0 Å². The van der Waals surface area contributed by atoms with E-state index in [1.165, 1.54) is 0 Å². The van der Waals surface area contributed by atoms with Crippen molar-refractivity contribution >= 4 is 11.6 Å². The normalized spacial score (nSPS) is 11.9. The molecule has 0 radical (unpaired) electrons. The van der Waals surface area contributed by atoms with Gasteiger partial charge in [0.1, 0.15) is 0 Å². The summed E-state index contributed by atoms with van der Waals surface area (Å²) in [5, 5.41) is 2.94. The predicted octanol–water partition coefficient (Wildman–Crippen LogP) is 4.73. The number of benzene rings is 3. The lowest BCUT2D eigenvalue weighted by molar-refractivity contribution is 0.0946. The Kier molecular flexibility index (Phi) is 5.44. The number of rotatable bonds is 6. The van der Waals surface area contributed by atoms with Gasteiger partial charge in [0.05, 0.1) is 0 Å². The minimum atomic E-state index is -0.315. The molecular formula is C26H23N3O4. The third-order valence-electron chi connectivity index (χ3n) is 5.40. The molecule has 0 atom stereocenters. The van der Waals surface area contributed by atoms with Gasteiger partial charge in [-0.25, -0.2) is 4.98 Å². The van der Waals surface area contributed by atoms with Crippen LogP contribution < -0.4 is 19.7 Å². The molecular weight excluding hydrogens is 418 g/mol. The van der Waals surface area contributed by atoms with E-state index < -0.39 is 0 Å². The van der Waals surface area contributed by atoms with Crippen molar-refractivity contribution in [2.45, 2.75) is 6.54 Å². The highest BCUT2D eigenvalue weighted by atomic mass is 16.7. The number of nitrogens with one attached hydrogen (secondary N) is 1. The number of carbonyl (C=O) groups is 1. The number of nitrogens with zero attached hydrogens (tertiary/aromatic N) is 2. The van der Waals surface area contributed by atoms with E-state index in [2.05, 4.69) is 10.3 Å². The molecule has 0 unspecified atom stereocenters. The topological polar surface area (TPSA) is 76.8 Å². The summed E-state index contributed by atoms with van der Waals surface area (Å²) in [4.78, 5) is 19.7. The highest BCUT2D eigenvalue weighted by molar-refractivity contribution is 5.98. The van der Waals surface area contributed by atoms with E-state index in [0.717, 1.165) is 22.4 Å². The fraction of sp³-hybridized carbons (Fsp3) is 0.154. The second kappa shape index (κ2) is 8.70. The number of hydrogen-bond acceptors (Lipinski definition) is 6. The maximum Gasteiger partial charge on any atom is 0.274 e. The maximum atomic E-state index is 13.2. The molecule has 2 heterocycles. The van der Waals surface area contributed by atoms with Crippen LogP contribution in [0, 0.1) is 0 Å². The molecule has 166 valence electrons. The first-order valence-electron chi connectivity index (χ1n) is 10.6. The van der Waals surface area contributed by atoms with Crippen LogP contribution in [0.1, 0.15) is 16.1 Å². The highest BCUT2D eigenvalue weighted by Crippen LogP contribution is 2.33. The van der Waals surface area contributed by atoms with E-state index in [1.807, 2.05) is 91.8 Å². The number of hydrogen-bond donors (Lipinski definition) is 1. The van der Waals surface area contributed by atoms with Crippen molar-refractivity contribution in [2.24, 2.45) is 0 Å². The van der Waals surface area contributed by atoms with Crippen LogP contribution in [0.2, 0.25) is 0 Å².